The molecule has 3 nitrogen and oxygen atoms in total. The van der Waals surface area contributed by atoms with E-state index in [1.807, 2.05) is 42.9 Å². The molecule has 0 amide bonds. The van der Waals surface area contributed by atoms with Crippen LogP contribution < -0.4 is 9.58 Å². The summed E-state index contributed by atoms with van der Waals surface area (Å²) in [5.41, 5.74) is 0. The number of aromatic nitrogens is 2. The van der Waals surface area contributed by atoms with Crippen LogP contribution in [0.2, 0.25) is 0 Å². The van der Waals surface area contributed by atoms with Crippen molar-refractivity contribution in [2.24, 2.45) is 7.05 Å². The van der Waals surface area contributed by atoms with Crippen LogP contribution in [-0.4, -0.2) is 26.4 Å². The second kappa shape index (κ2) is 5.52. The van der Waals surface area contributed by atoms with Crippen molar-refractivity contribution < 1.29 is 21.9 Å². The fraction of sp³-hybridized carbons (Fsp3) is 0.429. The Balaban J connectivity index is 0.000000336. The molecule has 0 saturated carbocycles. The molecule has 1 heterocycles. The molecule has 0 bridgehead atoms. The van der Waals surface area contributed by atoms with E-state index in [1.165, 1.54) is 0 Å². The predicted molar refractivity (Wildman–Crippen MR) is 49.9 cm³/mol. The van der Waals surface area contributed by atoms with Crippen LogP contribution in [0.25, 0.3) is 0 Å². The van der Waals surface area contributed by atoms with Gasteiger partial charge in [-0.2, -0.15) is 0 Å². The molecule has 1 aromatic rings. The lowest BCUT2D eigenvalue weighted by molar-refractivity contribution is -0.718. The Kier molecular flexibility index (Phi) is 5.03. The summed E-state index contributed by atoms with van der Waals surface area (Å²) in [6.07, 6.45) is 1.77. The van der Waals surface area contributed by atoms with E-state index in [1.54, 1.807) is 6.20 Å². The third-order valence-corrected chi connectivity index (χ3v) is 1.36. The third kappa shape index (κ3) is 7.71. The quantitative estimate of drug-likeness (QED) is 0.407. The van der Waals surface area contributed by atoms with E-state index in [9.17, 15) is 17.3 Å². The number of anilines is 1. The van der Waals surface area contributed by atoms with Gasteiger partial charge >= 0.3 is 7.25 Å². The standard InChI is InChI=1S/C7H12N3.BF4/c1-9(2)7-5-4-6-8-10(7)3;2-1(3,4)5/h4-6H,1-3H3;/q+1;-1. The molecule has 0 aliphatic rings. The molecule has 0 radical (unpaired) electrons. The molecule has 86 valence electrons. The van der Waals surface area contributed by atoms with Crippen LogP contribution in [0.15, 0.2) is 18.3 Å². The van der Waals surface area contributed by atoms with Crippen molar-refractivity contribution in [3.05, 3.63) is 18.3 Å². The molecule has 1 aromatic heterocycles. The van der Waals surface area contributed by atoms with Crippen LogP contribution in [0.5, 0.6) is 0 Å². The molecule has 0 spiro atoms. The first kappa shape index (κ1) is 13.7. The summed E-state index contributed by atoms with van der Waals surface area (Å²) in [6, 6.07) is 3.95. The molecule has 0 unspecified atom stereocenters. The smallest absolute Gasteiger partial charge is 0.418 e. The second-order valence-corrected chi connectivity index (χ2v) is 2.89. The summed E-state index contributed by atoms with van der Waals surface area (Å²) in [7, 11) is -0.0800. The van der Waals surface area contributed by atoms with E-state index in [4.69, 9.17) is 0 Å². The maximum Gasteiger partial charge on any atom is 0.673 e. The molecule has 0 aliphatic heterocycles. The zero-order valence-electron chi connectivity index (χ0n) is 8.66. The van der Waals surface area contributed by atoms with Crippen LogP contribution in [-0.2, 0) is 7.05 Å². The van der Waals surface area contributed by atoms with Gasteiger partial charge in [0.1, 0.15) is 7.05 Å². The lowest BCUT2D eigenvalue weighted by Gasteiger charge is -2.04. The summed E-state index contributed by atoms with van der Waals surface area (Å²) in [5, 5.41) is 4.08. The molecule has 0 N–H and O–H groups in total. The lowest BCUT2D eigenvalue weighted by Crippen LogP contribution is -2.38. The Labute approximate surface area is 85.4 Å². The summed E-state index contributed by atoms with van der Waals surface area (Å²) in [6.45, 7) is 0. The molecule has 15 heavy (non-hydrogen) atoms. The number of aryl methyl sites for hydroxylation is 1. The highest BCUT2D eigenvalue weighted by molar-refractivity contribution is 6.50. The molecule has 1 rings (SSSR count). The van der Waals surface area contributed by atoms with Gasteiger partial charge in [-0.3, -0.25) is 4.90 Å². The zero-order valence-corrected chi connectivity index (χ0v) is 8.66. The van der Waals surface area contributed by atoms with Gasteiger partial charge in [0.2, 0.25) is 0 Å². The molecule has 0 aromatic carbocycles. The topological polar surface area (TPSA) is 20.0 Å². The summed E-state index contributed by atoms with van der Waals surface area (Å²) in [4.78, 5) is 2.02. The SMILES string of the molecule is CN(C)c1cccn[n+]1C.F[B-](F)(F)F. The minimum atomic E-state index is -6.00. The van der Waals surface area contributed by atoms with Gasteiger partial charge in [-0.1, -0.05) is 5.10 Å². The summed E-state index contributed by atoms with van der Waals surface area (Å²) in [5.74, 6) is 1.10. The van der Waals surface area contributed by atoms with E-state index in [2.05, 4.69) is 5.10 Å². The van der Waals surface area contributed by atoms with Crippen LogP contribution in [0.3, 0.4) is 0 Å². The first-order valence-corrected chi connectivity index (χ1v) is 4.08. The van der Waals surface area contributed by atoms with Gasteiger partial charge in [-0.05, 0) is 6.07 Å². The molecule has 0 atom stereocenters. The van der Waals surface area contributed by atoms with Crippen LogP contribution in [0.4, 0.5) is 23.1 Å². The minimum absolute atomic E-state index is 1.10. The average Bonchev–Trinajstić information content (AvgIpc) is 2.01. The fourth-order valence-corrected chi connectivity index (χ4v) is 0.873. The van der Waals surface area contributed by atoms with Gasteiger partial charge in [-0.15, -0.1) is 4.68 Å². The number of halogens is 4. The zero-order chi connectivity index (χ0) is 12.1. The molecule has 0 fully saturated rings. The fourth-order valence-electron chi connectivity index (χ4n) is 0.873. The maximum atomic E-state index is 9.75. The van der Waals surface area contributed by atoms with Crippen molar-refractivity contribution in [2.75, 3.05) is 19.0 Å². The van der Waals surface area contributed by atoms with Crippen LogP contribution in [0.1, 0.15) is 0 Å². The Bertz CT molecular complexity index is 297. The monoisotopic (exact) mass is 225 g/mol. The Morgan fingerprint density at radius 1 is 1.27 bits per heavy atom. The van der Waals surface area contributed by atoms with Crippen molar-refractivity contribution in [2.45, 2.75) is 0 Å². The van der Waals surface area contributed by atoms with E-state index in [0.29, 0.717) is 0 Å². The second-order valence-electron chi connectivity index (χ2n) is 2.89. The van der Waals surface area contributed by atoms with Gasteiger partial charge in [0.25, 0.3) is 5.82 Å². The first-order valence-electron chi connectivity index (χ1n) is 4.08. The lowest BCUT2D eigenvalue weighted by atomic mass is 10.3. The van der Waals surface area contributed by atoms with Crippen molar-refractivity contribution in [3.63, 3.8) is 0 Å². The molecule has 8 heteroatoms. The average molecular weight is 225 g/mol. The highest BCUT2D eigenvalue weighted by Crippen LogP contribution is 2.06. The highest BCUT2D eigenvalue weighted by atomic mass is 19.5. The van der Waals surface area contributed by atoms with Crippen molar-refractivity contribution in [3.8, 4) is 0 Å². The number of hydrogen-bond acceptors (Lipinski definition) is 2. The molecule has 0 aliphatic carbocycles. The van der Waals surface area contributed by atoms with Crippen molar-refractivity contribution >= 4 is 13.1 Å². The highest BCUT2D eigenvalue weighted by Gasteiger charge is 2.20. The van der Waals surface area contributed by atoms with Crippen LogP contribution in [0, 0.1) is 0 Å². The van der Waals surface area contributed by atoms with Crippen molar-refractivity contribution in [1.82, 2.24) is 5.10 Å². The molecular weight excluding hydrogens is 213 g/mol. The van der Waals surface area contributed by atoms with Gasteiger partial charge in [0.05, 0.1) is 20.3 Å². The minimum Gasteiger partial charge on any atom is -0.418 e. The number of hydrogen-bond donors (Lipinski definition) is 0. The first-order chi connectivity index (χ1) is 6.72. The Hall–Kier alpha value is -1.34. The molecular formula is C7H12BF4N3. The van der Waals surface area contributed by atoms with E-state index < -0.39 is 7.25 Å². The van der Waals surface area contributed by atoms with E-state index >= 15 is 0 Å². The predicted octanol–water partition coefficient (Wildman–Crippen LogP) is 1.27. The van der Waals surface area contributed by atoms with E-state index in [-0.39, 0.29) is 0 Å². The normalized spacial score (nSPS) is 10.3. The third-order valence-electron chi connectivity index (χ3n) is 1.36. The Morgan fingerprint density at radius 2 is 1.73 bits per heavy atom. The number of rotatable bonds is 1. The Morgan fingerprint density at radius 3 is 2.00 bits per heavy atom. The largest absolute Gasteiger partial charge is 0.673 e. The van der Waals surface area contributed by atoms with Gasteiger partial charge in [0, 0.05) is 6.07 Å². The van der Waals surface area contributed by atoms with Crippen LogP contribution >= 0.6 is 0 Å². The van der Waals surface area contributed by atoms with Crippen molar-refractivity contribution in [1.29, 1.82) is 0 Å². The number of nitrogens with zero attached hydrogens (tertiary/aromatic N) is 3. The van der Waals surface area contributed by atoms with Gasteiger partial charge in [-0.25, -0.2) is 0 Å². The molecule has 0 saturated heterocycles. The maximum absolute atomic E-state index is 9.75. The summed E-state index contributed by atoms with van der Waals surface area (Å²) >= 11 is 0. The van der Waals surface area contributed by atoms with Gasteiger partial charge < -0.3 is 17.3 Å². The summed E-state index contributed by atoms with van der Waals surface area (Å²) < 4.78 is 40.8. The van der Waals surface area contributed by atoms with E-state index in [0.717, 1.165) is 5.82 Å². The van der Waals surface area contributed by atoms with Gasteiger partial charge in [0.15, 0.2) is 0 Å².